The summed E-state index contributed by atoms with van der Waals surface area (Å²) in [7, 11) is 1.65. The van der Waals surface area contributed by atoms with Crippen LogP contribution in [-0.2, 0) is 11.3 Å². The van der Waals surface area contributed by atoms with Gasteiger partial charge in [0.15, 0.2) is 5.82 Å². The van der Waals surface area contributed by atoms with Gasteiger partial charge in [0.05, 0.1) is 6.10 Å². The van der Waals surface area contributed by atoms with E-state index in [0.717, 1.165) is 12.8 Å². The molecule has 0 spiro atoms. The molecule has 4 rings (SSSR count). The van der Waals surface area contributed by atoms with Gasteiger partial charge in [-0.1, -0.05) is 12.1 Å². The van der Waals surface area contributed by atoms with Crippen LogP contribution in [0.4, 0.5) is 8.78 Å². The highest BCUT2D eigenvalue weighted by Gasteiger charge is 2.32. The van der Waals surface area contributed by atoms with Gasteiger partial charge >= 0.3 is 0 Å². The molecule has 0 unspecified atom stereocenters. The van der Waals surface area contributed by atoms with E-state index in [-0.39, 0.29) is 36.3 Å². The van der Waals surface area contributed by atoms with Crippen molar-refractivity contribution in [2.45, 2.75) is 43.9 Å². The summed E-state index contributed by atoms with van der Waals surface area (Å²) < 4.78 is 40.4. The lowest BCUT2D eigenvalue weighted by atomic mass is 9.83. The Labute approximate surface area is 173 Å². The third kappa shape index (κ3) is 4.34. The maximum absolute atomic E-state index is 14.5. The lowest BCUT2D eigenvalue weighted by Gasteiger charge is -2.32. The molecule has 1 aromatic heterocycles. The van der Waals surface area contributed by atoms with Crippen molar-refractivity contribution >= 4 is 0 Å². The molecule has 0 aliphatic heterocycles. The molecule has 158 valence electrons. The van der Waals surface area contributed by atoms with Crippen LogP contribution in [-0.4, -0.2) is 34.0 Å². The van der Waals surface area contributed by atoms with Crippen molar-refractivity contribution in [3.05, 3.63) is 71.8 Å². The van der Waals surface area contributed by atoms with Crippen molar-refractivity contribution < 1.29 is 18.3 Å². The molecule has 0 radical (unpaired) electrons. The first-order valence-corrected chi connectivity index (χ1v) is 9.92. The largest absolute Gasteiger partial charge is 0.486 e. The minimum absolute atomic E-state index is 0.0291. The average molecular weight is 414 g/mol. The van der Waals surface area contributed by atoms with Crippen LogP contribution in [0.25, 0.3) is 5.69 Å². The van der Waals surface area contributed by atoms with E-state index in [9.17, 15) is 8.78 Å². The Morgan fingerprint density at radius 1 is 1.10 bits per heavy atom. The molecule has 3 aromatic rings. The molecule has 1 saturated carbocycles. The fourth-order valence-corrected chi connectivity index (χ4v) is 3.83. The Morgan fingerprint density at radius 3 is 2.60 bits per heavy atom. The van der Waals surface area contributed by atoms with Gasteiger partial charge in [-0.15, -0.1) is 5.10 Å². The second-order valence-corrected chi connectivity index (χ2v) is 7.44. The van der Waals surface area contributed by atoms with Gasteiger partial charge in [-0.2, -0.15) is 0 Å². The van der Waals surface area contributed by atoms with E-state index in [1.165, 1.54) is 30.3 Å². The zero-order valence-corrected chi connectivity index (χ0v) is 16.7. The van der Waals surface area contributed by atoms with E-state index in [1.807, 2.05) is 0 Å². The first-order valence-electron chi connectivity index (χ1n) is 9.92. The Bertz CT molecular complexity index is 993. The summed E-state index contributed by atoms with van der Waals surface area (Å²) in [5.41, 5.74) is 6.49. The smallest absolute Gasteiger partial charge is 0.188 e. The molecule has 2 aromatic carbocycles. The summed E-state index contributed by atoms with van der Waals surface area (Å²) in [4.78, 5) is 4.67. The maximum Gasteiger partial charge on any atom is 0.188 e. The zero-order valence-electron chi connectivity index (χ0n) is 16.7. The predicted molar refractivity (Wildman–Crippen MR) is 107 cm³/mol. The minimum atomic E-state index is -0.384. The summed E-state index contributed by atoms with van der Waals surface area (Å²) >= 11 is 0. The van der Waals surface area contributed by atoms with Gasteiger partial charge in [-0.3, -0.25) is 0 Å². The normalized spacial score (nSPS) is 21.5. The summed E-state index contributed by atoms with van der Waals surface area (Å²) in [6, 6.07) is 12.1. The summed E-state index contributed by atoms with van der Waals surface area (Å²) in [6.45, 7) is 0.0834. The number of hydrogen-bond acceptors (Lipinski definition) is 5. The van der Waals surface area contributed by atoms with Crippen LogP contribution >= 0.6 is 0 Å². The molecule has 1 aliphatic carbocycles. The summed E-state index contributed by atoms with van der Waals surface area (Å²) in [5, 5.41) is 4.51. The quantitative estimate of drug-likeness (QED) is 0.665. The molecule has 1 aliphatic rings. The number of hydrogen-bond donors (Lipinski definition) is 1. The lowest BCUT2D eigenvalue weighted by molar-refractivity contribution is 0.0458. The first kappa shape index (κ1) is 20.4. The molecule has 8 heteroatoms. The molecule has 1 heterocycles. The van der Waals surface area contributed by atoms with Crippen LogP contribution in [0.1, 0.15) is 36.8 Å². The SMILES string of the molecule is CO[C@H]1C[C@@H](c2nc(COc3ccc(F)cc3)nn2-c2ccccc2F)CC[C@@H]1N. The van der Waals surface area contributed by atoms with Gasteiger partial charge in [0.25, 0.3) is 0 Å². The second kappa shape index (κ2) is 8.89. The third-order valence-corrected chi connectivity index (χ3v) is 5.45. The molecule has 0 amide bonds. The molecular weight excluding hydrogens is 390 g/mol. The van der Waals surface area contributed by atoms with Gasteiger partial charge in [-0.25, -0.2) is 18.4 Å². The van der Waals surface area contributed by atoms with E-state index < -0.39 is 0 Å². The molecule has 0 saturated heterocycles. The van der Waals surface area contributed by atoms with Gasteiger partial charge in [-0.05, 0) is 55.7 Å². The molecule has 2 N–H and O–H groups in total. The minimum Gasteiger partial charge on any atom is -0.486 e. The van der Waals surface area contributed by atoms with Crippen molar-refractivity contribution in [1.29, 1.82) is 0 Å². The van der Waals surface area contributed by atoms with Crippen molar-refractivity contribution in [1.82, 2.24) is 14.8 Å². The van der Waals surface area contributed by atoms with E-state index in [4.69, 9.17) is 15.2 Å². The number of para-hydroxylation sites is 1. The van der Waals surface area contributed by atoms with E-state index in [2.05, 4.69) is 10.1 Å². The molecule has 3 atom stereocenters. The first-order chi connectivity index (χ1) is 14.5. The lowest BCUT2D eigenvalue weighted by Crippen LogP contribution is -2.41. The number of nitrogens with two attached hydrogens (primary N) is 1. The topological polar surface area (TPSA) is 75.2 Å². The molecule has 0 bridgehead atoms. The van der Waals surface area contributed by atoms with Crippen LogP contribution in [0.15, 0.2) is 48.5 Å². The van der Waals surface area contributed by atoms with Crippen LogP contribution < -0.4 is 10.5 Å². The summed E-state index contributed by atoms with van der Waals surface area (Å²) in [5.74, 6) is 0.887. The average Bonchev–Trinajstić information content (AvgIpc) is 3.18. The highest BCUT2D eigenvalue weighted by molar-refractivity contribution is 5.34. The predicted octanol–water partition coefficient (Wildman–Crippen LogP) is 3.73. The molecular formula is C22H24F2N4O2. The Balaban J connectivity index is 1.63. The van der Waals surface area contributed by atoms with E-state index >= 15 is 0 Å². The van der Waals surface area contributed by atoms with Crippen LogP contribution in [0.2, 0.25) is 0 Å². The van der Waals surface area contributed by atoms with Crippen molar-refractivity contribution in [2.75, 3.05) is 7.11 Å². The number of methoxy groups -OCH3 is 1. The maximum atomic E-state index is 14.5. The number of nitrogens with zero attached hydrogens (tertiary/aromatic N) is 3. The Kier molecular flexibility index (Phi) is 6.06. The molecule has 30 heavy (non-hydrogen) atoms. The van der Waals surface area contributed by atoms with Gasteiger partial charge in [0.1, 0.15) is 35.5 Å². The highest BCUT2D eigenvalue weighted by Crippen LogP contribution is 2.34. The molecule has 1 fully saturated rings. The standard InChI is InChI=1S/C22H24F2N4O2/c1-29-20-12-14(6-11-18(20)25)22-26-21(13-30-16-9-7-15(23)8-10-16)27-28(22)19-5-3-2-4-17(19)24/h2-5,7-10,14,18,20H,6,11-13,25H2,1H3/t14-,18-,20-/m0/s1. The van der Waals surface area contributed by atoms with Gasteiger partial charge in [0.2, 0.25) is 0 Å². The van der Waals surface area contributed by atoms with E-state index in [1.54, 1.807) is 30.0 Å². The van der Waals surface area contributed by atoms with Crippen LogP contribution in [0.3, 0.4) is 0 Å². The number of rotatable bonds is 6. The number of benzene rings is 2. The number of aromatic nitrogens is 3. The van der Waals surface area contributed by atoms with Crippen molar-refractivity contribution in [3.8, 4) is 11.4 Å². The fourth-order valence-electron chi connectivity index (χ4n) is 3.83. The number of ether oxygens (including phenoxy) is 2. The fraction of sp³-hybridized carbons (Fsp3) is 0.364. The van der Waals surface area contributed by atoms with E-state index in [0.29, 0.717) is 29.5 Å². The van der Waals surface area contributed by atoms with Gasteiger partial charge in [0, 0.05) is 19.1 Å². The number of halogens is 2. The highest BCUT2D eigenvalue weighted by atomic mass is 19.1. The van der Waals surface area contributed by atoms with Crippen molar-refractivity contribution in [3.63, 3.8) is 0 Å². The Morgan fingerprint density at radius 2 is 1.87 bits per heavy atom. The molecule has 6 nitrogen and oxygen atoms in total. The summed E-state index contributed by atoms with van der Waals surface area (Å²) in [6.07, 6.45) is 2.19. The van der Waals surface area contributed by atoms with Crippen LogP contribution in [0, 0.1) is 11.6 Å². The van der Waals surface area contributed by atoms with Crippen LogP contribution in [0.5, 0.6) is 5.75 Å². The second-order valence-electron chi connectivity index (χ2n) is 7.44. The third-order valence-electron chi connectivity index (χ3n) is 5.45. The zero-order chi connectivity index (χ0) is 21.1. The van der Waals surface area contributed by atoms with Gasteiger partial charge < -0.3 is 15.2 Å². The van der Waals surface area contributed by atoms with Crippen molar-refractivity contribution in [2.24, 2.45) is 5.73 Å². The Hall–Kier alpha value is -2.84. The monoisotopic (exact) mass is 414 g/mol.